The molecule has 1 aromatic rings. The zero-order valence-electron chi connectivity index (χ0n) is 12.3. The predicted molar refractivity (Wildman–Crippen MR) is 92.7 cm³/mol. The second-order valence-corrected chi connectivity index (χ2v) is 6.40. The van der Waals surface area contributed by atoms with E-state index in [-0.39, 0.29) is 42.8 Å². The van der Waals surface area contributed by atoms with Crippen molar-refractivity contribution in [2.45, 2.75) is 64.0 Å². The number of carbonyl (C=O) groups excluding carboxylic acids is 1. The van der Waals surface area contributed by atoms with Crippen LogP contribution >= 0.6 is 36.2 Å². The van der Waals surface area contributed by atoms with Gasteiger partial charge in [0.05, 0.1) is 10.7 Å². The van der Waals surface area contributed by atoms with E-state index < -0.39 is 0 Å². The molecule has 0 aromatic carbocycles. The fraction of sp³-hybridized carbons (Fsp3) is 0.714. The van der Waals surface area contributed by atoms with Crippen LogP contribution < -0.4 is 11.1 Å². The average molecular weight is 354 g/mol. The second-order valence-electron chi connectivity index (χ2n) is 5.33. The Bertz CT molecular complexity index is 428. The molecule has 0 unspecified atom stereocenters. The number of hydrogen-bond acceptors (Lipinski definition) is 4. The van der Waals surface area contributed by atoms with Crippen molar-refractivity contribution in [3.05, 3.63) is 16.1 Å². The Morgan fingerprint density at radius 1 is 1.43 bits per heavy atom. The highest BCUT2D eigenvalue weighted by Gasteiger charge is 2.22. The van der Waals surface area contributed by atoms with Crippen LogP contribution in [0, 0.1) is 6.92 Å². The Hall–Kier alpha value is -0.360. The fourth-order valence-electron chi connectivity index (χ4n) is 2.57. The molecular weight excluding hydrogens is 329 g/mol. The van der Waals surface area contributed by atoms with Crippen molar-refractivity contribution >= 4 is 42.1 Å². The Labute approximate surface area is 143 Å². The molecule has 1 amide bonds. The van der Waals surface area contributed by atoms with E-state index >= 15 is 0 Å². The number of nitrogens with zero attached hydrogens (tertiary/aromatic N) is 1. The first-order chi connectivity index (χ1) is 9.15. The van der Waals surface area contributed by atoms with E-state index in [2.05, 4.69) is 15.7 Å². The Kier molecular flexibility index (Phi) is 10.2. The van der Waals surface area contributed by atoms with E-state index in [9.17, 15) is 4.79 Å². The number of thiazole rings is 1. The zero-order valence-corrected chi connectivity index (χ0v) is 14.8. The Morgan fingerprint density at radius 3 is 2.76 bits per heavy atom. The van der Waals surface area contributed by atoms with Crippen molar-refractivity contribution in [2.24, 2.45) is 5.73 Å². The molecule has 2 atom stereocenters. The van der Waals surface area contributed by atoms with E-state index in [1.54, 1.807) is 11.3 Å². The van der Waals surface area contributed by atoms with E-state index in [4.69, 9.17) is 5.73 Å². The first-order valence-electron chi connectivity index (χ1n) is 7.11. The maximum Gasteiger partial charge on any atom is 0.220 e. The highest BCUT2D eigenvalue weighted by Crippen LogP contribution is 2.17. The van der Waals surface area contributed by atoms with Crippen LogP contribution in [0.25, 0.3) is 0 Å². The zero-order chi connectivity index (χ0) is 13.7. The molecule has 0 spiro atoms. The quantitative estimate of drug-likeness (QED) is 0.854. The highest BCUT2D eigenvalue weighted by molar-refractivity contribution is 7.09. The van der Waals surface area contributed by atoms with Gasteiger partial charge in [0.25, 0.3) is 0 Å². The average Bonchev–Trinajstić information content (AvgIpc) is 2.78. The van der Waals surface area contributed by atoms with Gasteiger partial charge < -0.3 is 11.1 Å². The highest BCUT2D eigenvalue weighted by atomic mass is 35.5. The van der Waals surface area contributed by atoms with Crippen LogP contribution in [0.5, 0.6) is 0 Å². The summed E-state index contributed by atoms with van der Waals surface area (Å²) >= 11 is 1.66. The van der Waals surface area contributed by atoms with Crippen LogP contribution in [0.4, 0.5) is 0 Å². The van der Waals surface area contributed by atoms with Gasteiger partial charge in [-0.15, -0.1) is 36.2 Å². The number of aryl methyl sites for hydroxylation is 2. The largest absolute Gasteiger partial charge is 0.352 e. The third-order valence-corrected chi connectivity index (χ3v) is 4.49. The predicted octanol–water partition coefficient (Wildman–Crippen LogP) is 3.00. The SMILES string of the molecule is Cc1nc(CCCC(=O)N[C@@H]2CCCC[C@H]2N)cs1.Cl.Cl. The van der Waals surface area contributed by atoms with Gasteiger partial charge in [-0.25, -0.2) is 4.98 Å². The van der Waals surface area contributed by atoms with Crippen LogP contribution in [0.2, 0.25) is 0 Å². The normalized spacial score (nSPS) is 21.0. The molecule has 7 heteroatoms. The van der Waals surface area contributed by atoms with Crippen molar-refractivity contribution in [1.29, 1.82) is 0 Å². The molecule has 1 aliphatic rings. The van der Waals surface area contributed by atoms with Crippen molar-refractivity contribution in [3.8, 4) is 0 Å². The molecule has 0 bridgehead atoms. The van der Waals surface area contributed by atoms with Crippen LogP contribution in [0.1, 0.15) is 49.2 Å². The molecule has 4 nitrogen and oxygen atoms in total. The summed E-state index contributed by atoms with van der Waals surface area (Å²) in [6, 6.07) is 0.321. The molecule has 1 aliphatic carbocycles. The lowest BCUT2D eigenvalue weighted by atomic mass is 9.91. The van der Waals surface area contributed by atoms with Gasteiger partial charge in [-0.05, 0) is 32.6 Å². The van der Waals surface area contributed by atoms with Crippen molar-refractivity contribution in [1.82, 2.24) is 10.3 Å². The summed E-state index contributed by atoms with van der Waals surface area (Å²) in [6.07, 6.45) is 6.74. The van der Waals surface area contributed by atoms with Crippen LogP contribution in [-0.2, 0) is 11.2 Å². The van der Waals surface area contributed by atoms with Crippen LogP contribution in [0.15, 0.2) is 5.38 Å². The number of carbonyl (C=O) groups is 1. The van der Waals surface area contributed by atoms with Gasteiger partial charge >= 0.3 is 0 Å². The lowest BCUT2D eigenvalue weighted by Gasteiger charge is -2.29. The van der Waals surface area contributed by atoms with Gasteiger partial charge in [0.2, 0.25) is 5.91 Å². The van der Waals surface area contributed by atoms with Crippen molar-refractivity contribution in [2.75, 3.05) is 0 Å². The molecule has 1 heterocycles. The molecule has 1 aromatic heterocycles. The monoisotopic (exact) mass is 353 g/mol. The summed E-state index contributed by atoms with van der Waals surface area (Å²) in [5.41, 5.74) is 7.13. The molecular formula is C14H25Cl2N3OS. The summed E-state index contributed by atoms with van der Waals surface area (Å²) in [5.74, 6) is 0.134. The van der Waals surface area contributed by atoms with Gasteiger partial charge in [-0.1, -0.05) is 12.8 Å². The minimum atomic E-state index is 0. The van der Waals surface area contributed by atoms with E-state index in [1.807, 2.05) is 6.92 Å². The van der Waals surface area contributed by atoms with Gasteiger partial charge in [0, 0.05) is 23.9 Å². The van der Waals surface area contributed by atoms with Gasteiger partial charge in [-0.2, -0.15) is 0 Å². The Balaban J connectivity index is 0.00000200. The van der Waals surface area contributed by atoms with E-state index in [0.717, 1.165) is 36.4 Å². The fourth-order valence-corrected chi connectivity index (χ4v) is 3.22. The number of aromatic nitrogens is 1. The molecule has 1 saturated carbocycles. The maximum absolute atomic E-state index is 11.9. The summed E-state index contributed by atoms with van der Waals surface area (Å²) in [7, 11) is 0. The number of nitrogens with two attached hydrogens (primary N) is 1. The molecule has 21 heavy (non-hydrogen) atoms. The van der Waals surface area contributed by atoms with E-state index in [1.165, 1.54) is 12.8 Å². The number of amides is 1. The minimum absolute atomic E-state index is 0. The van der Waals surface area contributed by atoms with E-state index in [0.29, 0.717) is 6.42 Å². The Morgan fingerprint density at radius 2 is 2.14 bits per heavy atom. The maximum atomic E-state index is 11.9. The molecule has 122 valence electrons. The van der Waals surface area contributed by atoms with Crippen molar-refractivity contribution < 1.29 is 4.79 Å². The summed E-state index contributed by atoms with van der Waals surface area (Å²) in [6.45, 7) is 2.01. The summed E-state index contributed by atoms with van der Waals surface area (Å²) in [5, 5.41) is 6.24. The molecule has 1 fully saturated rings. The second kappa shape index (κ2) is 10.4. The standard InChI is InChI=1S/C14H23N3OS.2ClH/c1-10-16-11(9-19-10)5-4-8-14(18)17-13-7-3-2-6-12(13)15;;/h9,12-13H,2-8,15H2,1H3,(H,17,18);2*1H/t12-,13-;;/m1../s1. The smallest absolute Gasteiger partial charge is 0.220 e. The minimum Gasteiger partial charge on any atom is -0.352 e. The van der Waals surface area contributed by atoms with Crippen LogP contribution in [0.3, 0.4) is 0 Å². The molecule has 3 N–H and O–H groups in total. The third-order valence-electron chi connectivity index (χ3n) is 3.67. The number of rotatable bonds is 5. The number of nitrogens with one attached hydrogen (secondary N) is 1. The van der Waals surface area contributed by atoms with Crippen LogP contribution in [-0.4, -0.2) is 23.0 Å². The van der Waals surface area contributed by atoms with Crippen molar-refractivity contribution in [3.63, 3.8) is 0 Å². The molecule has 0 aliphatic heterocycles. The molecule has 2 rings (SSSR count). The third kappa shape index (κ3) is 6.96. The number of halogens is 2. The first kappa shape index (κ1) is 20.6. The van der Waals surface area contributed by atoms with Gasteiger partial charge in [-0.3, -0.25) is 4.79 Å². The lowest BCUT2D eigenvalue weighted by Crippen LogP contribution is -2.49. The summed E-state index contributed by atoms with van der Waals surface area (Å²) in [4.78, 5) is 16.3. The summed E-state index contributed by atoms with van der Waals surface area (Å²) < 4.78 is 0. The number of hydrogen-bond donors (Lipinski definition) is 2. The topological polar surface area (TPSA) is 68.0 Å². The molecule has 0 saturated heterocycles. The molecule has 0 radical (unpaired) electrons. The lowest BCUT2D eigenvalue weighted by molar-refractivity contribution is -0.122. The first-order valence-corrected chi connectivity index (χ1v) is 7.99. The van der Waals surface area contributed by atoms with Gasteiger partial charge in [0.1, 0.15) is 0 Å². The van der Waals surface area contributed by atoms with Gasteiger partial charge in [0.15, 0.2) is 0 Å².